The van der Waals surface area contributed by atoms with E-state index in [0.29, 0.717) is 19.0 Å². The van der Waals surface area contributed by atoms with Crippen LogP contribution in [-0.4, -0.2) is 36.0 Å². The lowest BCUT2D eigenvalue weighted by Crippen LogP contribution is -2.49. The fourth-order valence-corrected chi connectivity index (χ4v) is 3.28. The van der Waals surface area contributed by atoms with Crippen molar-refractivity contribution in [1.29, 1.82) is 0 Å². The maximum absolute atomic E-state index is 13.0. The van der Waals surface area contributed by atoms with Crippen LogP contribution in [0.4, 0.5) is 4.39 Å². The van der Waals surface area contributed by atoms with E-state index >= 15 is 0 Å². The van der Waals surface area contributed by atoms with E-state index in [2.05, 4.69) is 10.2 Å². The average Bonchev–Trinajstić information content (AvgIpc) is 3.26. The highest BCUT2D eigenvalue weighted by molar-refractivity contribution is 5.82. The van der Waals surface area contributed by atoms with Gasteiger partial charge in [-0.2, -0.15) is 0 Å². The largest absolute Gasteiger partial charge is 0.350 e. The van der Waals surface area contributed by atoms with Gasteiger partial charge in [-0.05, 0) is 55.8 Å². The van der Waals surface area contributed by atoms with Gasteiger partial charge in [-0.1, -0.05) is 12.1 Å². The van der Waals surface area contributed by atoms with Crippen LogP contribution in [0.2, 0.25) is 0 Å². The summed E-state index contributed by atoms with van der Waals surface area (Å²) in [6, 6.07) is 6.56. The molecule has 120 valence electrons. The number of carbonyl (C=O) groups is 1. The number of amides is 1. The molecule has 3 N–H and O–H groups in total. The van der Waals surface area contributed by atoms with Crippen LogP contribution in [0.15, 0.2) is 24.3 Å². The molecule has 1 aromatic carbocycles. The molecule has 2 atom stereocenters. The first kappa shape index (κ1) is 15.4. The fourth-order valence-electron chi connectivity index (χ4n) is 3.28. The molecule has 1 saturated heterocycles. The van der Waals surface area contributed by atoms with Crippen LogP contribution in [0.3, 0.4) is 0 Å². The normalized spacial score (nSPS) is 23.5. The summed E-state index contributed by atoms with van der Waals surface area (Å²) < 4.78 is 13.0. The summed E-state index contributed by atoms with van der Waals surface area (Å²) in [5, 5.41) is 3.13. The maximum atomic E-state index is 13.0. The molecule has 0 aromatic heterocycles. The highest BCUT2D eigenvalue weighted by atomic mass is 19.1. The van der Waals surface area contributed by atoms with Gasteiger partial charge in [-0.15, -0.1) is 0 Å². The predicted octanol–water partition coefficient (Wildman–Crippen LogP) is 1.64. The van der Waals surface area contributed by atoms with Gasteiger partial charge in [-0.25, -0.2) is 4.39 Å². The van der Waals surface area contributed by atoms with E-state index in [9.17, 15) is 9.18 Å². The zero-order valence-electron chi connectivity index (χ0n) is 12.8. The lowest BCUT2D eigenvalue weighted by molar-refractivity contribution is -0.126. The molecule has 2 unspecified atom stereocenters. The molecule has 0 radical (unpaired) electrons. The molecule has 0 bridgehead atoms. The lowest BCUT2D eigenvalue weighted by Gasteiger charge is -2.26. The van der Waals surface area contributed by atoms with Crippen LogP contribution >= 0.6 is 0 Å². The Morgan fingerprint density at radius 1 is 1.32 bits per heavy atom. The van der Waals surface area contributed by atoms with Crippen molar-refractivity contribution in [2.45, 2.75) is 44.3 Å². The van der Waals surface area contributed by atoms with Crippen LogP contribution in [0, 0.1) is 11.7 Å². The SMILES string of the molecule is NCC(NC(=O)C1CCCN1Cc1ccc(F)cc1)C1CC1. The average molecular weight is 305 g/mol. The second-order valence-electron chi connectivity index (χ2n) is 6.44. The number of nitrogens with zero attached hydrogens (tertiary/aromatic N) is 1. The van der Waals surface area contributed by atoms with E-state index < -0.39 is 0 Å². The Morgan fingerprint density at radius 3 is 2.68 bits per heavy atom. The van der Waals surface area contributed by atoms with Crippen molar-refractivity contribution in [3.63, 3.8) is 0 Å². The summed E-state index contributed by atoms with van der Waals surface area (Å²) in [7, 11) is 0. The number of nitrogens with two attached hydrogens (primary N) is 1. The highest BCUT2D eigenvalue weighted by Crippen LogP contribution is 2.32. The second kappa shape index (κ2) is 6.75. The Bertz CT molecular complexity index is 515. The Morgan fingerprint density at radius 2 is 2.05 bits per heavy atom. The monoisotopic (exact) mass is 305 g/mol. The molecule has 5 heteroatoms. The summed E-state index contributed by atoms with van der Waals surface area (Å²) in [5.41, 5.74) is 6.81. The van der Waals surface area contributed by atoms with Crippen molar-refractivity contribution in [2.24, 2.45) is 11.7 Å². The van der Waals surface area contributed by atoms with Crippen molar-refractivity contribution in [3.05, 3.63) is 35.6 Å². The molecule has 1 aliphatic heterocycles. The molecular weight excluding hydrogens is 281 g/mol. The van der Waals surface area contributed by atoms with Crippen molar-refractivity contribution in [2.75, 3.05) is 13.1 Å². The van der Waals surface area contributed by atoms with Crippen LogP contribution in [0.1, 0.15) is 31.2 Å². The number of hydrogen-bond acceptors (Lipinski definition) is 3. The number of rotatable bonds is 6. The van der Waals surface area contributed by atoms with Crippen LogP contribution in [-0.2, 0) is 11.3 Å². The zero-order valence-corrected chi connectivity index (χ0v) is 12.8. The summed E-state index contributed by atoms with van der Waals surface area (Å²) in [4.78, 5) is 14.7. The van der Waals surface area contributed by atoms with Crippen LogP contribution < -0.4 is 11.1 Å². The van der Waals surface area contributed by atoms with Gasteiger partial charge in [0.25, 0.3) is 0 Å². The van der Waals surface area contributed by atoms with Gasteiger partial charge in [0.2, 0.25) is 5.91 Å². The summed E-state index contributed by atoms with van der Waals surface area (Å²) in [5.74, 6) is 0.442. The number of nitrogens with one attached hydrogen (secondary N) is 1. The molecule has 22 heavy (non-hydrogen) atoms. The first-order valence-corrected chi connectivity index (χ1v) is 8.16. The van der Waals surface area contributed by atoms with E-state index in [0.717, 1.165) is 24.9 Å². The standard InChI is InChI=1S/C17H24FN3O/c18-14-7-3-12(4-8-14)11-21-9-1-2-16(21)17(22)20-15(10-19)13-5-6-13/h3-4,7-8,13,15-16H,1-2,5-6,9-11,19H2,(H,20,22). The quantitative estimate of drug-likeness (QED) is 0.840. The first-order chi connectivity index (χ1) is 10.7. The van der Waals surface area contributed by atoms with Gasteiger partial charge in [-0.3, -0.25) is 9.69 Å². The minimum Gasteiger partial charge on any atom is -0.350 e. The van der Waals surface area contributed by atoms with Gasteiger partial charge >= 0.3 is 0 Å². The van der Waals surface area contributed by atoms with E-state index in [1.165, 1.54) is 25.0 Å². The summed E-state index contributed by atoms with van der Waals surface area (Å²) in [6.45, 7) is 2.11. The number of hydrogen-bond donors (Lipinski definition) is 2. The molecule has 1 amide bonds. The smallest absolute Gasteiger partial charge is 0.237 e. The highest BCUT2D eigenvalue weighted by Gasteiger charge is 2.35. The molecule has 1 heterocycles. The van der Waals surface area contributed by atoms with Gasteiger partial charge in [0.15, 0.2) is 0 Å². The van der Waals surface area contributed by atoms with E-state index in [1.54, 1.807) is 12.1 Å². The topological polar surface area (TPSA) is 58.4 Å². The first-order valence-electron chi connectivity index (χ1n) is 8.16. The summed E-state index contributed by atoms with van der Waals surface area (Å²) >= 11 is 0. The molecule has 4 nitrogen and oxygen atoms in total. The van der Waals surface area contributed by atoms with Crippen LogP contribution in [0.25, 0.3) is 0 Å². The predicted molar refractivity (Wildman–Crippen MR) is 83.5 cm³/mol. The molecule has 2 fully saturated rings. The number of benzene rings is 1. The van der Waals surface area contributed by atoms with Crippen molar-refractivity contribution >= 4 is 5.91 Å². The molecule has 1 aliphatic carbocycles. The third kappa shape index (κ3) is 3.65. The lowest BCUT2D eigenvalue weighted by atomic mass is 10.1. The number of carbonyl (C=O) groups excluding carboxylic acids is 1. The van der Waals surface area contributed by atoms with Crippen molar-refractivity contribution in [3.8, 4) is 0 Å². The molecule has 2 aliphatic rings. The van der Waals surface area contributed by atoms with E-state index in [-0.39, 0.29) is 23.8 Å². The molecule has 0 spiro atoms. The van der Waals surface area contributed by atoms with E-state index in [4.69, 9.17) is 5.73 Å². The van der Waals surface area contributed by atoms with Crippen molar-refractivity contribution in [1.82, 2.24) is 10.2 Å². The Balaban J connectivity index is 1.59. The fraction of sp³-hybridized carbons (Fsp3) is 0.588. The zero-order chi connectivity index (χ0) is 15.5. The van der Waals surface area contributed by atoms with Gasteiger partial charge in [0, 0.05) is 19.1 Å². The Hall–Kier alpha value is -1.46. The van der Waals surface area contributed by atoms with Crippen molar-refractivity contribution < 1.29 is 9.18 Å². The van der Waals surface area contributed by atoms with Gasteiger partial charge in [0.1, 0.15) is 5.82 Å². The minimum atomic E-state index is -0.227. The van der Waals surface area contributed by atoms with E-state index in [1.807, 2.05) is 0 Å². The second-order valence-corrected chi connectivity index (χ2v) is 6.44. The maximum Gasteiger partial charge on any atom is 0.237 e. The van der Waals surface area contributed by atoms with Gasteiger partial charge < -0.3 is 11.1 Å². The molecule has 1 saturated carbocycles. The van der Waals surface area contributed by atoms with Crippen LogP contribution in [0.5, 0.6) is 0 Å². The van der Waals surface area contributed by atoms with Gasteiger partial charge in [0.05, 0.1) is 6.04 Å². The summed E-state index contributed by atoms with van der Waals surface area (Å²) in [6.07, 6.45) is 4.25. The third-order valence-electron chi connectivity index (χ3n) is 4.74. The molecule has 1 aromatic rings. The minimum absolute atomic E-state index is 0.0853. The Labute approximate surface area is 130 Å². The number of likely N-dealkylation sites (tertiary alicyclic amines) is 1. The molecule has 3 rings (SSSR count). The third-order valence-corrected chi connectivity index (χ3v) is 4.74. The Kier molecular flexibility index (Phi) is 4.74. The molecular formula is C17H24FN3O. The number of halogens is 1.